The van der Waals surface area contributed by atoms with Crippen molar-refractivity contribution in [3.05, 3.63) is 0 Å². The minimum atomic E-state index is -1.00. The van der Waals surface area contributed by atoms with E-state index >= 15 is 0 Å². The van der Waals surface area contributed by atoms with Crippen LogP contribution in [0.1, 0.15) is 39.5 Å². The van der Waals surface area contributed by atoms with E-state index in [2.05, 4.69) is 0 Å². The third-order valence-electron chi connectivity index (χ3n) is 2.60. The minimum Gasteiger partial charge on any atom is -0.481 e. The van der Waals surface area contributed by atoms with Gasteiger partial charge in [0, 0.05) is 6.61 Å². The van der Waals surface area contributed by atoms with E-state index in [1.54, 1.807) is 13.8 Å². The van der Waals surface area contributed by atoms with Gasteiger partial charge in [-0.1, -0.05) is 6.92 Å². The predicted molar refractivity (Wildman–Crippen MR) is 57.9 cm³/mol. The first-order valence-electron chi connectivity index (χ1n) is 5.46. The Bertz CT molecular complexity index is 239. The number of ether oxygens (including phenoxy) is 1. The van der Waals surface area contributed by atoms with Gasteiger partial charge in [0.15, 0.2) is 0 Å². The monoisotopic (exact) mass is 232 g/mol. The van der Waals surface area contributed by atoms with Gasteiger partial charge in [-0.3, -0.25) is 9.59 Å². The molecule has 1 atom stereocenters. The largest absolute Gasteiger partial charge is 0.481 e. The molecule has 5 heteroatoms. The molecule has 0 radical (unpaired) electrons. The van der Waals surface area contributed by atoms with Crippen LogP contribution in [-0.4, -0.2) is 35.4 Å². The molecule has 0 fully saturated rings. The SMILES string of the molecule is CCC(C)(CC(=O)O)C(=O)OCCCCO. The molecule has 0 bridgehead atoms. The van der Waals surface area contributed by atoms with E-state index in [0.717, 1.165) is 0 Å². The van der Waals surface area contributed by atoms with E-state index in [1.165, 1.54) is 0 Å². The molecule has 0 aromatic carbocycles. The molecule has 0 aromatic rings. The maximum Gasteiger partial charge on any atom is 0.312 e. The Balaban J connectivity index is 4.14. The number of carboxylic acids is 1. The number of hydrogen-bond donors (Lipinski definition) is 2. The van der Waals surface area contributed by atoms with Crippen LogP contribution >= 0.6 is 0 Å². The first kappa shape index (κ1) is 14.9. The molecule has 0 aromatic heterocycles. The highest BCUT2D eigenvalue weighted by molar-refractivity contribution is 5.82. The van der Waals surface area contributed by atoms with Crippen molar-refractivity contribution in [2.24, 2.45) is 5.41 Å². The molecule has 2 N–H and O–H groups in total. The van der Waals surface area contributed by atoms with E-state index < -0.39 is 17.4 Å². The van der Waals surface area contributed by atoms with Crippen molar-refractivity contribution in [3.8, 4) is 0 Å². The normalized spacial score (nSPS) is 14.2. The number of esters is 1. The summed E-state index contributed by atoms with van der Waals surface area (Å²) in [6, 6.07) is 0. The lowest BCUT2D eigenvalue weighted by Gasteiger charge is -2.23. The average Bonchev–Trinajstić information content (AvgIpc) is 2.23. The zero-order valence-electron chi connectivity index (χ0n) is 9.86. The Morgan fingerprint density at radius 3 is 2.38 bits per heavy atom. The molecule has 0 heterocycles. The third-order valence-corrected chi connectivity index (χ3v) is 2.60. The van der Waals surface area contributed by atoms with Crippen molar-refractivity contribution in [1.29, 1.82) is 0 Å². The van der Waals surface area contributed by atoms with Gasteiger partial charge in [-0.2, -0.15) is 0 Å². The van der Waals surface area contributed by atoms with Crippen molar-refractivity contribution in [3.63, 3.8) is 0 Å². The lowest BCUT2D eigenvalue weighted by molar-refractivity contribution is -0.160. The Morgan fingerprint density at radius 2 is 1.94 bits per heavy atom. The van der Waals surface area contributed by atoms with Gasteiger partial charge in [-0.25, -0.2) is 0 Å². The van der Waals surface area contributed by atoms with Gasteiger partial charge in [0.25, 0.3) is 0 Å². The summed E-state index contributed by atoms with van der Waals surface area (Å²) in [4.78, 5) is 22.3. The molecule has 0 aliphatic carbocycles. The summed E-state index contributed by atoms with van der Waals surface area (Å²) in [7, 11) is 0. The van der Waals surface area contributed by atoms with Crippen LogP contribution in [0.2, 0.25) is 0 Å². The van der Waals surface area contributed by atoms with Gasteiger partial charge in [0.1, 0.15) is 0 Å². The number of aliphatic hydroxyl groups is 1. The number of carbonyl (C=O) groups is 2. The highest BCUT2D eigenvalue weighted by Crippen LogP contribution is 2.27. The molecule has 5 nitrogen and oxygen atoms in total. The number of carbonyl (C=O) groups excluding carboxylic acids is 1. The number of rotatable bonds is 8. The summed E-state index contributed by atoms with van der Waals surface area (Å²) in [5.41, 5.74) is -0.953. The summed E-state index contributed by atoms with van der Waals surface area (Å²) in [5.74, 6) is -1.48. The minimum absolute atomic E-state index is 0.0672. The molecular weight excluding hydrogens is 212 g/mol. The fraction of sp³-hybridized carbons (Fsp3) is 0.818. The van der Waals surface area contributed by atoms with Crippen LogP contribution in [0.15, 0.2) is 0 Å². The van der Waals surface area contributed by atoms with Crippen molar-refractivity contribution >= 4 is 11.9 Å². The van der Waals surface area contributed by atoms with Crippen LogP contribution in [0.25, 0.3) is 0 Å². The molecule has 0 spiro atoms. The second kappa shape index (κ2) is 7.22. The summed E-state index contributed by atoms with van der Waals surface area (Å²) >= 11 is 0. The van der Waals surface area contributed by atoms with Gasteiger partial charge in [0.05, 0.1) is 18.4 Å². The molecule has 94 valence electrons. The fourth-order valence-corrected chi connectivity index (χ4v) is 1.23. The van der Waals surface area contributed by atoms with Gasteiger partial charge in [-0.05, 0) is 26.2 Å². The summed E-state index contributed by atoms with van der Waals surface area (Å²) in [6.45, 7) is 3.65. The van der Waals surface area contributed by atoms with Crippen molar-refractivity contribution in [2.45, 2.75) is 39.5 Å². The Kier molecular flexibility index (Phi) is 6.72. The van der Waals surface area contributed by atoms with Crippen LogP contribution in [-0.2, 0) is 14.3 Å². The molecule has 16 heavy (non-hydrogen) atoms. The van der Waals surface area contributed by atoms with E-state index in [9.17, 15) is 9.59 Å². The zero-order chi connectivity index (χ0) is 12.6. The second-order valence-corrected chi connectivity index (χ2v) is 4.05. The van der Waals surface area contributed by atoms with Crippen LogP contribution in [0.3, 0.4) is 0 Å². The van der Waals surface area contributed by atoms with E-state index in [-0.39, 0.29) is 19.6 Å². The van der Waals surface area contributed by atoms with Crippen molar-refractivity contribution in [2.75, 3.05) is 13.2 Å². The lowest BCUT2D eigenvalue weighted by atomic mass is 9.84. The van der Waals surface area contributed by atoms with Crippen molar-refractivity contribution < 1.29 is 24.5 Å². The number of hydrogen-bond acceptors (Lipinski definition) is 4. The highest BCUT2D eigenvalue weighted by Gasteiger charge is 2.35. The van der Waals surface area contributed by atoms with Gasteiger partial charge < -0.3 is 14.9 Å². The zero-order valence-corrected chi connectivity index (χ0v) is 9.86. The van der Waals surface area contributed by atoms with E-state index in [4.69, 9.17) is 14.9 Å². The standard InChI is InChI=1S/C11H20O5/c1-3-11(2,8-9(13)14)10(15)16-7-5-4-6-12/h12H,3-8H2,1-2H3,(H,13,14). The quantitative estimate of drug-likeness (QED) is 0.485. The lowest BCUT2D eigenvalue weighted by Crippen LogP contribution is -2.32. The smallest absolute Gasteiger partial charge is 0.312 e. The van der Waals surface area contributed by atoms with E-state index in [1.807, 2.05) is 0 Å². The fourth-order valence-electron chi connectivity index (χ4n) is 1.23. The summed E-state index contributed by atoms with van der Waals surface area (Å²) in [5, 5.41) is 17.2. The molecule has 0 aliphatic rings. The maximum absolute atomic E-state index is 11.6. The van der Waals surface area contributed by atoms with Gasteiger partial charge in [0.2, 0.25) is 0 Å². The first-order valence-corrected chi connectivity index (χ1v) is 5.46. The molecular formula is C11H20O5. The maximum atomic E-state index is 11.6. The molecule has 0 saturated carbocycles. The molecule has 0 amide bonds. The predicted octanol–water partition coefficient (Wildman–Crippen LogP) is 1.19. The Morgan fingerprint density at radius 1 is 1.31 bits per heavy atom. The van der Waals surface area contributed by atoms with Crippen LogP contribution in [0, 0.1) is 5.41 Å². The second-order valence-electron chi connectivity index (χ2n) is 4.05. The molecule has 0 rings (SSSR count). The topological polar surface area (TPSA) is 83.8 Å². The number of aliphatic hydroxyl groups excluding tert-OH is 1. The number of aliphatic carboxylic acids is 1. The molecule has 1 unspecified atom stereocenters. The Labute approximate surface area is 95.4 Å². The first-order chi connectivity index (χ1) is 7.46. The number of unbranched alkanes of at least 4 members (excludes halogenated alkanes) is 1. The molecule has 0 saturated heterocycles. The van der Waals surface area contributed by atoms with Crippen molar-refractivity contribution in [1.82, 2.24) is 0 Å². The average molecular weight is 232 g/mol. The summed E-state index contributed by atoms with van der Waals surface area (Å²) < 4.78 is 4.99. The van der Waals surface area contributed by atoms with Crippen LogP contribution in [0.5, 0.6) is 0 Å². The Hall–Kier alpha value is -1.10. The summed E-state index contributed by atoms with van der Waals surface area (Å²) in [6.07, 6.45) is 1.38. The van der Waals surface area contributed by atoms with E-state index in [0.29, 0.717) is 19.3 Å². The van der Waals surface area contributed by atoms with Gasteiger partial charge >= 0.3 is 11.9 Å². The van der Waals surface area contributed by atoms with Crippen LogP contribution in [0.4, 0.5) is 0 Å². The number of carboxylic acid groups (broad SMARTS) is 1. The van der Waals surface area contributed by atoms with Crippen LogP contribution < -0.4 is 0 Å². The third kappa shape index (κ3) is 5.11. The molecule has 0 aliphatic heterocycles. The highest BCUT2D eigenvalue weighted by atomic mass is 16.5. The van der Waals surface area contributed by atoms with Gasteiger partial charge in [-0.15, -0.1) is 0 Å².